The van der Waals surface area contributed by atoms with E-state index in [2.05, 4.69) is 0 Å². The number of hydrogen-bond donors (Lipinski definition) is 2. The molecule has 0 unspecified atom stereocenters. The number of carboxylic acid groups (broad SMARTS) is 1. The smallest absolute Gasteiger partial charge is 0.303 e. The number of rotatable bonds is 4. The lowest BCUT2D eigenvalue weighted by Crippen LogP contribution is -2.21. The maximum atomic E-state index is 10.3. The summed E-state index contributed by atoms with van der Waals surface area (Å²) < 4.78 is 0. The predicted molar refractivity (Wildman–Crippen MR) is 35.2 cm³/mol. The van der Waals surface area contributed by atoms with Crippen molar-refractivity contribution in [2.45, 2.75) is 19.8 Å². The lowest BCUT2D eigenvalue weighted by molar-refractivity contribution is -0.137. The van der Waals surface area contributed by atoms with Crippen LogP contribution in [-0.2, 0) is 9.59 Å². The summed E-state index contributed by atoms with van der Waals surface area (Å²) in [7, 11) is 0. The summed E-state index contributed by atoms with van der Waals surface area (Å²) in [5.74, 6) is -1.68. The number of carbonyl (C=O) groups is 2. The zero-order valence-corrected chi connectivity index (χ0v) is 5.83. The molecule has 0 aliphatic heterocycles. The second-order valence-electron chi connectivity index (χ2n) is 2.24. The maximum absolute atomic E-state index is 10.3. The standard InChI is InChI=1S/C6H11NO3/c1-4(6(7)10)2-3-5(8)9/h4H,2-3H2,1H3,(H2,7,10)(H,8,9)/t4-/m0/s1. The van der Waals surface area contributed by atoms with E-state index < -0.39 is 11.9 Å². The number of aliphatic carboxylic acids is 1. The first-order valence-corrected chi connectivity index (χ1v) is 3.05. The Morgan fingerprint density at radius 2 is 2.10 bits per heavy atom. The van der Waals surface area contributed by atoms with Gasteiger partial charge in [-0.15, -0.1) is 0 Å². The van der Waals surface area contributed by atoms with Crippen LogP contribution in [0.4, 0.5) is 0 Å². The van der Waals surface area contributed by atoms with E-state index in [0.717, 1.165) is 0 Å². The quantitative estimate of drug-likeness (QED) is 0.583. The van der Waals surface area contributed by atoms with Crippen molar-refractivity contribution in [2.24, 2.45) is 11.7 Å². The zero-order valence-electron chi connectivity index (χ0n) is 5.83. The first kappa shape index (κ1) is 8.94. The van der Waals surface area contributed by atoms with Gasteiger partial charge in [-0.05, 0) is 6.42 Å². The Morgan fingerprint density at radius 1 is 1.60 bits per heavy atom. The Kier molecular flexibility index (Phi) is 3.46. The van der Waals surface area contributed by atoms with E-state index in [4.69, 9.17) is 10.8 Å². The van der Waals surface area contributed by atoms with E-state index in [1.165, 1.54) is 0 Å². The number of carbonyl (C=O) groups excluding carboxylic acids is 1. The fourth-order valence-corrected chi connectivity index (χ4v) is 0.482. The normalized spacial score (nSPS) is 12.5. The van der Waals surface area contributed by atoms with Gasteiger partial charge in [-0.3, -0.25) is 9.59 Å². The number of carboxylic acids is 1. The third kappa shape index (κ3) is 3.88. The van der Waals surface area contributed by atoms with Gasteiger partial charge in [-0.1, -0.05) is 6.92 Å². The van der Waals surface area contributed by atoms with Gasteiger partial charge in [0.25, 0.3) is 0 Å². The molecular weight excluding hydrogens is 134 g/mol. The number of amides is 1. The molecule has 0 heterocycles. The van der Waals surface area contributed by atoms with Crippen molar-refractivity contribution < 1.29 is 14.7 Å². The van der Waals surface area contributed by atoms with Gasteiger partial charge in [0.1, 0.15) is 0 Å². The van der Waals surface area contributed by atoms with Crippen LogP contribution in [0.1, 0.15) is 19.8 Å². The van der Waals surface area contributed by atoms with Crippen LogP contribution in [0, 0.1) is 5.92 Å². The lowest BCUT2D eigenvalue weighted by atomic mass is 10.1. The Bertz CT molecular complexity index is 144. The van der Waals surface area contributed by atoms with Crippen molar-refractivity contribution >= 4 is 11.9 Å². The average molecular weight is 145 g/mol. The third-order valence-corrected chi connectivity index (χ3v) is 1.28. The molecule has 0 aliphatic rings. The molecule has 1 amide bonds. The molecule has 0 rings (SSSR count). The van der Waals surface area contributed by atoms with E-state index in [-0.39, 0.29) is 12.3 Å². The Balaban J connectivity index is 3.49. The highest BCUT2D eigenvalue weighted by Crippen LogP contribution is 2.03. The molecule has 4 nitrogen and oxygen atoms in total. The number of nitrogens with two attached hydrogens (primary N) is 1. The molecule has 1 atom stereocenters. The molecule has 0 fully saturated rings. The predicted octanol–water partition coefficient (Wildman–Crippen LogP) is -0.0274. The molecule has 0 aromatic carbocycles. The summed E-state index contributed by atoms with van der Waals surface area (Å²) in [5.41, 5.74) is 4.89. The van der Waals surface area contributed by atoms with E-state index in [0.29, 0.717) is 6.42 Å². The Morgan fingerprint density at radius 3 is 2.40 bits per heavy atom. The van der Waals surface area contributed by atoms with E-state index in [1.807, 2.05) is 0 Å². The zero-order chi connectivity index (χ0) is 8.15. The summed E-state index contributed by atoms with van der Waals surface area (Å²) in [6, 6.07) is 0. The Hall–Kier alpha value is -1.06. The molecule has 3 N–H and O–H groups in total. The minimum atomic E-state index is -0.895. The van der Waals surface area contributed by atoms with Crippen LogP contribution in [0.25, 0.3) is 0 Å². The fourth-order valence-electron chi connectivity index (χ4n) is 0.482. The highest BCUT2D eigenvalue weighted by atomic mass is 16.4. The van der Waals surface area contributed by atoms with Crippen molar-refractivity contribution in [2.75, 3.05) is 0 Å². The molecule has 10 heavy (non-hydrogen) atoms. The number of primary amides is 1. The van der Waals surface area contributed by atoms with Crippen LogP contribution in [0.3, 0.4) is 0 Å². The van der Waals surface area contributed by atoms with Crippen LogP contribution in [0.15, 0.2) is 0 Å². The monoisotopic (exact) mass is 145 g/mol. The minimum Gasteiger partial charge on any atom is -0.481 e. The van der Waals surface area contributed by atoms with Crippen molar-refractivity contribution in [3.8, 4) is 0 Å². The fraction of sp³-hybridized carbons (Fsp3) is 0.667. The Labute approximate surface area is 59.0 Å². The molecule has 0 aromatic heterocycles. The summed E-state index contributed by atoms with van der Waals surface area (Å²) in [6.07, 6.45) is 0.328. The van der Waals surface area contributed by atoms with Crippen LogP contribution in [0.5, 0.6) is 0 Å². The molecule has 0 aromatic rings. The van der Waals surface area contributed by atoms with Crippen molar-refractivity contribution in [3.63, 3.8) is 0 Å². The number of hydrogen-bond acceptors (Lipinski definition) is 2. The molecular formula is C6H11NO3. The van der Waals surface area contributed by atoms with E-state index in [9.17, 15) is 9.59 Å². The van der Waals surface area contributed by atoms with E-state index >= 15 is 0 Å². The second kappa shape index (κ2) is 3.87. The topological polar surface area (TPSA) is 80.4 Å². The van der Waals surface area contributed by atoms with Gasteiger partial charge in [-0.25, -0.2) is 0 Å². The van der Waals surface area contributed by atoms with Crippen LogP contribution >= 0.6 is 0 Å². The van der Waals surface area contributed by atoms with Crippen LogP contribution < -0.4 is 5.73 Å². The van der Waals surface area contributed by atoms with Gasteiger partial charge >= 0.3 is 5.97 Å². The van der Waals surface area contributed by atoms with Gasteiger partial charge in [0, 0.05) is 12.3 Å². The first-order chi connectivity index (χ1) is 4.54. The first-order valence-electron chi connectivity index (χ1n) is 3.05. The highest BCUT2D eigenvalue weighted by Gasteiger charge is 2.09. The molecule has 58 valence electrons. The van der Waals surface area contributed by atoms with Crippen LogP contribution in [0.2, 0.25) is 0 Å². The SMILES string of the molecule is C[C@@H](CCC(=O)O)C(N)=O. The maximum Gasteiger partial charge on any atom is 0.303 e. The molecule has 0 bridgehead atoms. The highest BCUT2D eigenvalue weighted by molar-refractivity contribution is 5.77. The van der Waals surface area contributed by atoms with Crippen molar-refractivity contribution in [1.29, 1.82) is 0 Å². The molecule has 0 radical (unpaired) electrons. The van der Waals surface area contributed by atoms with E-state index in [1.54, 1.807) is 6.92 Å². The van der Waals surface area contributed by atoms with Crippen molar-refractivity contribution in [1.82, 2.24) is 0 Å². The van der Waals surface area contributed by atoms with Gasteiger partial charge in [0.2, 0.25) is 5.91 Å². The second-order valence-corrected chi connectivity index (χ2v) is 2.24. The van der Waals surface area contributed by atoms with Gasteiger partial charge in [-0.2, -0.15) is 0 Å². The molecule has 4 heteroatoms. The lowest BCUT2D eigenvalue weighted by Gasteiger charge is -2.02. The van der Waals surface area contributed by atoms with Crippen LogP contribution in [-0.4, -0.2) is 17.0 Å². The van der Waals surface area contributed by atoms with Gasteiger partial charge < -0.3 is 10.8 Å². The van der Waals surface area contributed by atoms with Gasteiger partial charge in [0.05, 0.1) is 0 Å². The average Bonchev–Trinajstić information content (AvgIpc) is 1.82. The third-order valence-electron chi connectivity index (χ3n) is 1.28. The summed E-state index contributed by atoms with van der Waals surface area (Å²) in [5, 5.41) is 8.19. The summed E-state index contributed by atoms with van der Waals surface area (Å²) in [6.45, 7) is 1.62. The van der Waals surface area contributed by atoms with Gasteiger partial charge in [0.15, 0.2) is 0 Å². The summed E-state index contributed by atoms with van der Waals surface area (Å²) in [4.78, 5) is 20.3. The molecule has 0 aliphatic carbocycles. The van der Waals surface area contributed by atoms with Crippen molar-refractivity contribution in [3.05, 3.63) is 0 Å². The molecule has 0 saturated heterocycles. The largest absolute Gasteiger partial charge is 0.481 e. The minimum absolute atomic E-state index is 0.00407. The summed E-state index contributed by atoms with van der Waals surface area (Å²) >= 11 is 0. The molecule has 0 saturated carbocycles. The molecule has 0 spiro atoms.